The average Bonchev–Trinajstić information content (AvgIpc) is 2.62. The van der Waals surface area contributed by atoms with Gasteiger partial charge in [0.15, 0.2) is 0 Å². The lowest BCUT2D eigenvalue weighted by Crippen LogP contribution is -2.38. The molecule has 1 saturated heterocycles. The van der Waals surface area contributed by atoms with Crippen LogP contribution in [0, 0.1) is 5.92 Å². The fraction of sp³-hybridized carbons (Fsp3) is 1.00. The van der Waals surface area contributed by atoms with Crippen LogP contribution in [0.2, 0.25) is 0 Å². The molecule has 3 heteroatoms. The molecule has 1 rings (SSSR count). The van der Waals surface area contributed by atoms with E-state index in [0.29, 0.717) is 0 Å². The molecule has 1 aliphatic rings. The summed E-state index contributed by atoms with van der Waals surface area (Å²) in [6.07, 6.45) is 5.37. The Bertz CT molecular complexity index is 185. The van der Waals surface area contributed by atoms with Gasteiger partial charge in [-0.3, -0.25) is 4.90 Å². The summed E-state index contributed by atoms with van der Waals surface area (Å²) in [4.78, 5) is 5.01. The van der Waals surface area contributed by atoms with Crippen molar-refractivity contribution in [2.45, 2.75) is 38.6 Å². The highest BCUT2D eigenvalue weighted by Gasteiger charge is 2.24. The minimum atomic E-state index is 0.804. The van der Waals surface area contributed by atoms with Crippen molar-refractivity contribution >= 4 is 12.6 Å². The van der Waals surface area contributed by atoms with Gasteiger partial charge in [-0.1, -0.05) is 6.92 Å². The van der Waals surface area contributed by atoms with Crippen LogP contribution >= 0.6 is 12.6 Å². The third-order valence-electron chi connectivity index (χ3n) is 3.61. The fourth-order valence-electron chi connectivity index (χ4n) is 2.57. The van der Waals surface area contributed by atoms with E-state index in [2.05, 4.69) is 43.4 Å². The summed E-state index contributed by atoms with van der Waals surface area (Å²) in [5.41, 5.74) is 0. The molecule has 16 heavy (non-hydrogen) atoms. The highest BCUT2D eigenvalue weighted by molar-refractivity contribution is 7.80. The van der Waals surface area contributed by atoms with Crippen molar-refractivity contribution in [1.29, 1.82) is 0 Å². The van der Waals surface area contributed by atoms with Crippen LogP contribution in [0.15, 0.2) is 0 Å². The third-order valence-corrected chi connectivity index (χ3v) is 3.86. The van der Waals surface area contributed by atoms with Crippen molar-refractivity contribution in [3.05, 3.63) is 0 Å². The molecule has 1 fully saturated rings. The number of nitrogens with zero attached hydrogens (tertiary/aromatic N) is 2. The summed E-state index contributed by atoms with van der Waals surface area (Å²) < 4.78 is 0. The maximum atomic E-state index is 4.31. The number of hydrogen-bond acceptors (Lipinski definition) is 3. The van der Waals surface area contributed by atoms with Crippen molar-refractivity contribution in [2.24, 2.45) is 5.92 Å². The van der Waals surface area contributed by atoms with Gasteiger partial charge in [0.1, 0.15) is 0 Å². The summed E-state index contributed by atoms with van der Waals surface area (Å²) in [5.74, 6) is 1.86. The van der Waals surface area contributed by atoms with Crippen LogP contribution < -0.4 is 0 Å². The van der Waals surface area contributed by atoms with Gasteiger partial charge in [0, 0.05) is 12.6 Å². The zero-order chi connectivity index (χ0) is 12.0. The van der Waals surface area contributed by atoms with Gasteiger partial charge in [-0.15, -0.1) is 0 Å². The van der Waals surface area contributed by atoms with Gasteiger partial charge >= 0.3 is 0 Å². The van der Waals surface area contributed by atoms with Crippen LogP contribution in [0.3, 0.4) is 0 Å². The molecule has 0 spiro atoms. The van der Waals surface area contributed by atoms with E-state index in [1.54, 1.807) is 0 Å². The second-order valence-electron chi connectivity index (χ2n) is 5.50. The van der Waals surface area contributed by atoms with Gasteiger partial charge in [-0.05, 0) is 64.5 Å². The van der Waals surface area contributed by atoms with E-state index in [1.807, 2.05) is 0 Å². The van der Waals surface area contributed by atoms with E-state index >= 15 is 0 Å². The summed E-state index contributed by atoms with van der Waals surface area (Å²) in [6, 6.07) is 0.804. The Morgan fingerprint density at radius 1 is 1.38 bits per heavy atom. The van der Waals surface area contributed by atoms with Crippen LogP contribution in [0.1, 0.15) is 32.6 Å². The smallest absolute Gasteiger partial charge is 0.0223 e. The fourth-order valence-corrected chi connectivity index (χ4v) is 3.01. The number of hydrogen-bond donors (Lipinski definition) is 1. The van der Waals surface area contributed by atoms with E-state index < -0.39 is 0 Å². The first kappa shape index (κ1) is 14.3. The molecule has 0 amide bonds. The molecule has 0 aromatic rings. The van der Waals surface area contributed by atoms with Gasteiger partial charge < -0.3 is 4.90 Å². The van der Waals surface area contributed by atoms with Crippen LogP contribution in [-0.2, 0) is 0 Å². The number of likely N-dealkylation sites (N-methyl/N-ethyl adjacent to an activating group) is 1. The van der Waals surface area contributed by atoms with Crippen LogP contribution in [0.4, 0.5) is 0 Å². The van der Waals surface area contributed by atoms with Crippen LogP contribution in [0.5, 0.6) is 0 Å². The van der Waals surface area contributed by atoms with E-state index in [0.717, 1.165) is 17.7 Å². The van der Waals surface area contributed by atoms with E-state index in [9.17, 15) is 0 Å². The largest absolute Gasteiger partial charge is 0.308 e. The first-order valence-corrected chi connectivity index (χ1v) is 7.26. The summed E-state index contributed by atoms with van der Waals surface area (Å²) >= 11 is 4.31. The number of likely N-dealkylation sites (tertiary alicyclic amines) is 1. The molecule has 2 unspecified atom stereocenters. The predicted octanol–water partition coefficient (Wildman–Crippen LogP) is 2.36. The average molecular weight is 244 g/mol. The van der Waals surface area contributed by atoms with Gasteiger partial charge in [0.05, 0.1) is 0 Å². The molecule has 0 radical (unpaired) electrons. The van der Waals surface area contributed by atoms with E-state index in [4.69, 9.17) is 0 Å². The molecule has 2 atom stereocenters. The maximum Gasteiger partial charge on any atom is 0.0223 e. The minimum Gasteiger partial charge on any atom is -0.308 e. The second-order valence-corrected chi connectivity index (χ2v) is 5.95. The monoisotopic (exact) mass is 244 g/mol. The van der Waals surface area contributed by atoms with Crippen molar-refractivity contribution in [3.8, 4) is 0 Å². The quantitative estimate of drug-likeness (QED) is 0.687. The van der Waals surface area contributed by atoms with E-state index in [-0.39, 0.29) is 0 Å². The molecule has 0 bridgehead atoms. The zero-order valence-electron chi connectivity index (χ0n) is 11.2. The van der Waals surface area contributed by atoms with Gasteiger partial charge in [0.2, 0.25) is 0 Å². The lowest BCUT2D eigenvalue weighted by molar-refractivity contribution is 0.197. The summed E-state index contributed by atoms with van der Waals surface area (Å²) in [6.45, 7) is 6.17. The standard InChI is InChI=1S/C13H28N2S/c1-12(7-10-16)6-9-15-8-4-5-13(15)11-14(2)3/h12-13,16H,4-11H2,1-3H3. The topological polar surface area (TPSA) is 6.48 Å². The molecule has 0 aliphatic carbocycles. The molecule has 1 aliphatic heterocycles. The lowest BCUT2D eigenvalue weighted by Gasteiger charge is -2.27. The number of thiol groups is 1. The van der Waals surface area contributed by atoms with Gasteiger partial charge in [0.25, 0.3) is 0 Å². The molecule has 0 N–H and O–H groups in total. The molecule has 0 saturated carbocycles. The Kier molecular flexibility index (Phi) is 6.78. The van der Waals surface area contributed by atoms with Crippen LogP contribution in [0.25, 0.3) is 0 Å². The molecular weight excluding hydrogens is 216 g/mol. The maximum absolute atomic E-state index is 4.31. The lowest BCUT2D eigenvalue weighted by atomic mass is 10.0. The Hall–Kier alpha value is 0.270. The molecule has 1 heterocycles. The normalized spacial score (nSPS) is 24.2. The van der Waals surface area contributed by atoms with Crippen LogP contribution in [-0.4, -0.2) is 55.3 Å². The highest BCUT2D eigenvalue weighted by Crippen LogP contribution is 2.19. The highest BCUT2D eigenvalue weighted by atomic mass is 32.1. The zero-order valence-corrected chi connectivity index (χ0v) is 12.0. The predicted molar refractivity (Wildman–Crippen MR) is 75.4 cm³/mol. The Morgan fingerprint density at radius 2 is 2.12 bits per heavy atom. The summed E-state index contributed by atoms with van der Waals surface area (Å²) in [5, 5.41) is 0. The van der Waals surface area contributed by atoms with Gasteiger partial charge in [-0.2, -0.15) is 12.6 Å². The minimum absolute atomic E-state index is 0.804. The van der Waals surface area contributed by atoms with Crippen molar-refractivity contribution < 1.29 is 0 Å². The Morgan fingerprint density at radius 3 is 2.75 bits per heavy atom. The first-order chi connectivity index (χ1) is 7.63. The molecule has 0 aromatic heterocycles. The second kappa shape index (κ2) is 7.57. The summed E-state index contributed by atoms with van der Waals surface area (Å²) in [7, 11) is 4.36. The Labute approximate surface area is 107 Å². The molecule has 0 aromatic carbocycles. The van der Waals surface area contributed by atoms with Crippen molar-refractivity contribution in [1.82, 2.24) is 9.80 Å². The molecule has 96 valence electrons. The third kappa shape index (κ3) is 5.07. The Balaban J connectivity index is 2.24. The SMILES string of the molecule is CC(CCS)CCN1CCCC1CN(C)C. The van der Waals surface area contributed by atoms with Crippen molar-refractivity contribution in [2.75, 3.05) is 39.5 Å². The molecular formula is C13H28N2S. The molecule has 2 nitrogen and oxygen atoms in total. The number of rotatable bonds is 7. The first-order valence-electron chi connectivity index (χ1n) is 6.63. The van der Waals surface area contributed by atoms with Gasteiger partial charge in [-0.25, -0.2) is 0 Å². The van der Waals surface area contributed by atoms with E-state index in [1.165, 1.54) is 45.3 Å². The van der Waals surface area contributed by atoms with Crippen molar-refractivity contribution in [3.63, 3.8) is 0 Å².